The van der Waals surface area contributed by atoms with Gasteiger partial charge in [0.25, 0.3) is 10.1 Å². The monoisotopic (exact) mass is 461 g/mol. The van der Waals surface area contributed by atoms with Crippen molar-refractivity contribution in [3.63, 3.8) is 0 Å². The average molecular weight is 462 g/mol. The molecule has 0 unspecified atom stereocenters. The quantitative estimate of drug-likeness (QED) is 0.689. The topological polar surface area (TPSA) is 81.2 Å². The summed E-state index contributed by atoms with van der Waals surface area (Å²) in [5, 5.41) is 0. The molecule has 0 radical (unpaired) electrons. The fraction of sp³-hybridized carbons (Fsp3) is 0.316. The van der Waals surface area contributed by atoms with E-state index in [1.807, 2.05) is 30.3 Å². The summed E-state index contributed by atoms with van der Waals surface area (Å²) in [5.41, 5.74) is 1.25. The number of carbonyl (C=O) groups is 1. The predicted molar refractivity (Wildman–Crippen MR) is 118 cm³/mol. The van der Waals surface area contributed by atoms with Crippen molar-refractivity contribution in [2.24, 2.45) is 0 Å². The van der Waals surface area contributed by atoms with Gasteiger partial charge in [0.1, 0.15) is 0 Å². The van der Waals surface area contributed by atoms with Gasteiger partial charge in [-0.25, -0.2) is 0 Å². The molecule has 0 spiro atoms. The molecule has 7 nitrogen and oxygen atoms in total. The average Bonchev–Trinajstić information content (AvgIpc) is 2.64. The molecular formula is C19H25Cl2N3O4S. The van der Waals surface area contributed by atoms with E-state index in [1.165, 1.54) is 24.3 Å². The Labute approximate surface area is 183 Å². The van der Waals surface area contributed by atoms with Crippen LogP contribution in [-0.4, -0.2) is 68.4 Å². The summed E-state index contributed by atoms with van der Waals surface area (Å²) >= 11 is 0. The number of para-hydroxylation sites is 1. The van der Waals surface area contributed by atoms with Crippen molar-refractivity contribution < 1.29 is 17.8 Å². The third kappa shape index (κ3) is 6.67. The van der Waals surface area contributed by atoms with E-state index in [2.05, 4.69) is 16.8 Å². The number of anilines is 2. The highest BCUT2D eigenvalue weighted by atomic mass is 35.5. The first-order valence-electron chi connectivity index (χ1n) is 8.71. The lowest BCUT2D eigenvalue weighted by molar-refractivity contribution is -0.119. The second-order valence-electron chi connectivity index (χ2n) is 6.61. The van der Waals surface area contributed by atoms with Crippen molar-refractivity contribution in [1.29, 1.82) is 0 Å². The molecule has 29 heavy (non-hydrogen) atoms. The van der Waals surface area contributed by atoms with E-state index in [9.17, 15) is 13.2 Å². The molecule has 1 aliphatic rings. The van der Waals surface area contributed by atoms with Crippen LogP contribution in [0.15, 0.2) is 59.5 Å². The van der Waals surface area contributed by atoms with E-state index < -0.39 is 10.1 Å². The normalized spacial score (nSPS) is 15.1. The second-order valence-corrected chi connectivity index (χ2v) is 8.03. The molecule has 160 valence electrons. The maximum Gasteiger partial charge on any atom is 0.294 e. The first-order valence-corrected chi connectivity index (χ1v) is 10.1. The molecule has 0 aliphatic carbocycles. The van der Waals surface area contributed by atoms with Crippen LogP contribution in [-0.2, 0) is 14.9 Å². The van der Waals surface area contributed by atoms with Crippen LogP contribution >= 0.6 is 24.8 Å². The highest BCUT2D eigenvalue weighted by Crippen LogP contribution is 2.27. The lowest BCUT2D eigenvalue weighted by Crippen LogP contribution is -2.48. The van der Waals surface area contributed by atoms with Gasteiger partial charge in [0.05, 0.1) is 11.4 Å². The molecule has 10 heteroatoms. The zero-order chi connectivity index (χ0) is 19.4. The van der Waals surface area contributed by atoms with Gasteiger partial charge >= 0.3 is 0 Å². The summed E-state index contributed by atoms with van der Waals surface area (Å²) in [6.45, 7) is 3.77. The Bertz CT molecular complexity index is 887. The smallest absolute Gasteiger partial charge is 0.294 e. The predicted octanol–water partition coefficient (Wildman–Crippen LogP) is 2.69. The Morgan fingerprint density at radius 3 is 1.97 bits per heavy atom. The van der Waals surface area contributed by atoms with Crippen LogP contribution < -0.4 is 4.90 Å². The molecule has 2 aromatic carbocycles. The Kier molecular flexibility index (Phi) is 9.54. The molecular weight excluding hydrogens is 437 g/mol. The highest BCUT2D eigenvalue weighted by Gasteiger charge is 2.23. The van der Waals surface area contributed by atoms with Gasteiger partial charge in [-0.15, -0.1) is 24.8 Å². The molecule has 1 heterocycles. The van der Waals surface area contributed by atoms with Crippen LogP contribution in [0, 0.1) is 0 Å². The van der Waals surface area contributed by atoms with Gasteiger partial charge in [-0.2, -0.15) is 8.42 Å². The van der Waals surface area contributed by atoms with Gasteiger partial charge in [0.15, 0.2) is 0 Å². The number of likely N-dealkylation sites (N-methyl/N-ethyl adjacent to an activating group) is 1. The first kappa shape index (κ1) is 25.4. The van der Waals surface area contributed by atoms with E-state index >= 15 is 0 Å². The molecule has 1 N–H and O–H groups in total. The summed E-state index contributed by atoms with van der Waals surface area (Å²) in [5.74, 6) is -0.0923. The van der Waals surface area contributed by atoms with Crippen LogP contribution in [0.4, 0.5) is 11.4 Å². The van der Waals surface area contributed by atoms with E-state index in [-0.39, 0.29) is 42.2 Å². The van der Waals surface area contributed by atoms with Crippen molar-refractivity contribution >= 4 is 52.2 Å². The number of piperazine rings is 1. The van der Waals surface area contributed by atoms with Crippen molar-refractivity contribution in [1.82, 2.24) is 9.80 Å². The lowest BCUT2D eigenvalue weighted by atomic mass is 10.2. The zero-order valence-corrected chi connectivity index (χ0v) is 18.4. The summed E-state index contributed by atoms with van der Waals surface area (Å²) in [4.78, 5) is 18.8. The molecule has 1 fully saturated rings. The van der Waals surface area contributed by atoms with E-state index in [0.29, 0.717) is 11.4 Å². The second kappa shape index (κ2) is 10.9. The fourth-order valence-corrected chi connectivity index (χ4v) is 3.53. The van der Waals surface area contributed by atoms with Crippen molar-refractivity contribution in [2.45, 2.75) is 4.90 Å². The third-order valence-corrected chi connectivity index (χ3v) is 5.48. The van der Waals surface area contributed by atoms with Gasteiger partial charge < -0.3 is 4.90 Å². The Morgan fingerprint density at radius 2 is 1.45 bits per heavy atom. The largest absolute Gasteiger partial charge is 0.304 e. The number of hydrogen-bond donors (Lipinski definition) is 1. The van der Waals surface area contributed by atoms with Gasteiger partial charge in [-0.05, 0) is 43.4 Å². The van der Waals surface area contributed by atoms with Gasteiger partial charge in [0.2, 0.25) is 5.91 Å². The maximum absolute atomic E-state index is 13.1. The standard InChI is InChI=1S/C19H23N3O4S.2ClH/c1-20-11-13-21(14-12-20)15-19(23)22(16-5-3-2-4-6-16)17-7-9-18(10-8-17)27(24,25)26;;/h2-10H,11-15H2,1H3,(H,24,25,26);2*1H. The summed E-state index contributed by atoms with van der Waals surface area (Å²) in [6.07, 6.45) is 0. The molecule has 0 saturated carbocycles. The first-order chi connectivity index (χ1) is 12.8. The Hall–Kier alpha value is -1.68. The maximum atomic E-state index is 13.1. The molecule has 3 rings (SSSR count). The number of rotatable bonds is 5. The summed E-state index contributed by atoms with van der Waals surface area (Å²) < 4.78 is 31.7. The Balaban J connectivity index is 0.00000210. The highest BCUT2D eigenvalue weighted by molar-refractivity contribution is 7.85. The van der Waals surface area contributed by atoms with Gasteiger partial charge in [0, 0.05) is 37.6 Å². The van der Waals surface area contributed by atoms with Gasteiger partial charge in [-0.3, -0.25) is 19.1 Å². The van der Waals surface area contributed by atoms with Crippen molar-refractivity contribution in [3.8, 4) is 0 Å². The minimum Gasteiger partial charge on any atom is -0.304 e. The van der Waals surface area contributed by atoms with Crippen LogP contribution in [0.25, 0.3) is 0 Å². The van der Waals surface area contributed by atoms with Crippen molar-refractivity contribution in [3.05, 3.63) is 54.6 Å². The van der Waals surface area contributed by atoms with Crippen LogP contribution in [0.3, 0.4) is 0 Å². The third-order valence-electron chi connectivity index (χ3n) is 4.61. The van der Waals surface area contributed by atoms with Crippen LogP contribution in [0.5, 0.6) is 0 Å². The van der Waals surface area contributed by atoms with Crippen LogP contribution in [0.1, 0.15) is 0 Å². The zero-order valence-electron chi connectivity index (χ0n) is 16.0. The van der Waals surface area contributed by atoms with Crippen LogP contribution in [0.2, 0.25) is 0 Å². The fourth-order valence-electron chi connectivity index (χ4n) is 3.05. The molecule has 1 amide bonds. The van der Waals surface area contributed by atoms with E-state index in [4.69, 9.17) is 4.55 Å². The molecule has 0 aromatic heterocycles. The molecule has 0 bridgehead atoms. The minimum atomic E-state index is -4.27. The number of carbonyl (C=O) groups excluding carboxylic acids is 1. The molecule has 1 saturated heterocycles. The Morgan fingerprint density at radius 1 is 0.931 bits per heavy atom. The number of amides is 1. The number of nitrogens with zero attached hydrogens (tertiary/aromatic N) is 3. The van der Waals surface area contributed by atoms with E-state index in [1.54, 1.807) is 4.90 Å². The lowest BCUT2D eigenvalue weighted by Gasteiger charge is -2.33. The minimum absolute atomic E-state index is 0. The molecule has 1 aliphatic heterocycles. The van der Waals surface area contributed by atoms with Gasteiger partial charge in [-0.1, -0.05) is 18.2 Å². The SMILES string of the molecule is CN1CCN(CC(=O)N(c2ccccc2)c2ccc(S(=O)(=O)O)cc2)CC1.Cl.Cl. The van der Waals surface area contributed by atoms with Crippen molar-refractivity contribution in [2.75, 3.05) is 44.7 Å². The molecule has 2 aromatic rings. The summed E-state index contributed by atoms with van der Waals surface area (Å²) in [6, 6.07) is 14.9. The summed E-state index contributed by atoms with van der Waals surface area (Å²) in [7, 11) is -2.21. The number of halogens is 2. The molecule has 0 atom stereocenters. The number of benzene rings is 2. The van der Waals surface area contributed by atoms with E-state index in [0.717, 1.165) is 26.2 Å². The number of hydrogen-bond acceptors (Lipinski definition) is 5.